The maximum atomic E-state index is 13.0. The topological polar surface area (TPSA) is 95.0 Å². The SMILES string of the molecule is [2H]Cc1nc2cc([2H])cc(N)c2c(=O)n1C1([2H])C(=O)CC(=O)CC1[2H]. The highest BCUT2D eigenvalue weighted by Crippen LogP contribution is 2.24. The second-order valence-electron chi connectivity index (χ2n) is 4.77. The van der Waals surface area contributed by atoms with Gasteiger partial charge in [-0.25, -0.2) is 4.98 Å². The first-order valence-corrected chi connectivity index (χ1v) is 6.28. The first kappa shape index (κ1) is 9.44. The second kappa shape index (κ2) is 4.80. The van der Waals surface area contributed by atoms with Crippen LogP contribution in [0, 0.1) is 6.90 Å². The third kappa shape index (κ3) is 2.12. The number of nitrogens with zero attached hydrogens (tertiary/aromatic N) is 2. The Bertz CT molecular complexity index is 975. The molecule has 0 radical (unpaired) electrons. The quantitative estimate of drug-likeness (QED) is 0.627. The predicted octanol–water partition coefficient (Wildman–Crippen LogP) is 1.15. The Balaban J connectivity index is 2.40. The van der Waals surface area contributed by atoms with Gasteiger partial charge in [-0.05, 0) is 25.4 Å². The molecule has 1 aliphatic carbocycles. The van der Waals surface area contributed by atoms with Gasteiger partial charge in [0.05, 0.1) is 26.1 Å². The molecule has 1 aliphatic rings. The van der Waals surface area contributed by atoms with Gasteiger partial charge < -0.3 is 5.73 Å². The molecular formula is C15H15N3O3. The molecule has 1 saturated carbocycles. The van der Waals surface area contributed by atoms with Gasteiger partial charge in [0.2, 0.25) is 0 Å². The average molecular weight is 289 g/mol. The number of aryl methyl sites for hydroxylation is 1. The zero-order valence-corrected chi connectivity index (χ0v) is 11.0. The third-order valence-corrected chi connectivity index (χ3v) is 3.34. The molecule has 3 rings (SSSR count). The van der Waals surface area contributed by atoms with Crippen LogP contribution in [0.2, 0.25) is 0 Å². The molecule has 2 N–H and O–H groups in total. The van der Waals surface area contributed by atoms with Crippen LogP contribution in [0.3, 0.4) is 0 Å². The zero-order valence-electron chi connectivity index (χ0n) is 15.0. The maximum Gasteiger partial charge on any atom is 0.264 e. The number of hydrogen-bond donors (Lipinski definition) is 1. The highest BCUT2D eigenvalue weighted by molar-refractivity contribution is 6.03. The summed E-state index contributed by atoms with van der Waals surface area (Å²) in [5.74, 6) is -1.52. The first-order valence-electron chi connectivity index (χ1n) is 8.57. The Morgan fingerprint density at radius 3 is 3.05 bits per heavy atom. The summed E-state index contributed by atoms with van der Waals surface area (Å²) in [6, 6.07) is 0.243. The van der Waals surface area contributed by atoms with Gasteiger partial charge in [-0.15, -0.1) is 0 Å². The Hall–Kier alpha value is -2.50. The fraction of sp³-hybridized carbons (Fsp3) is 0.333. The van der Waals surface area contributed by atoms with Crippen molar-refractivity contribution in [3.63, 3.8) is 0 Å². The molecule has 2 atom stereocenters. The monoisotopic (exact) mass is 289 g/mol. The van der Waals surface area contributed by atoms with Crippen molar-refractivity contribution < 1.29 is 15.1 Å². The van der Waals surface area contributed by atoms with Gasteiger partial charge in [0.15, 0.2) is 5.78 Å². The van der Waals surface area contributed by atoms with E-state index in [4.69, 9.17) is 11.2 Å². The summed E-state index contributed by atoms with van der Waals surface area (Å²) in [4.78, 5) is 41.0. The van der Waals surface area contributed by atoms with Crippen molar-refractivity contribution in [3.8, 4) is 0 Å². The predicted molar refractivity (Wildman–Crippen MR) is 78.1 cm³/mol. The minimum Gasteiger partial charge on any atom is -0.398 e. The molecule has 0 amide bonds. The van der Waals surface area contributed by atoms with Gasteiger partial charge in [-0.1, -0.05) is 6.04 Å². The molecule has 1 aromatic heterocycles. The fourth-order valence-electron chi connectivity index (χ4n) is 2.37. The van der Waals surface area contributed by atoms with Crippen molar-refractivity contribution in [2.24, 2.45) is 0 Å². The zero-order chi connectivity index (χ0) is 18.5. The normalized spacial score (nSPS) is 28.9. The van der Waals surface area contributed by atoms with Crippen molar-refractivity contribution >= 4 is 28.2 Å². The highest BCUT2D eigenvalue weighted by Gasteiger charge is 2.30. The molecule has 0 aliphatic heterocycles. The molecular weight excluding hydrogens is 270 g/mol. The molecule has 1 fully saturated rings. The molecule has 6 heteroatoms. The van der Waals surface area contributed by atoms with Crippen LogP contribution in [0.5, 0.6) is 0 Å². The van der Waals surface area contributed by atoms with E-state index in [1.807, 2.05) is 0 Å². The Morgan fingerprint density at radius 2 is 2.33 bits per heavy atom. The van der Waals surface area contributed by atoms with Crippen molar-refractivity contribution in [1.29, 1.82) is 0 Å². The van der Waals surface area contributed by atoms with Crippen LogP contribution >= 0.6 is 0 Å². The number of aromatic nitrogens is 2. The Kier molecular flexibility index (Phi) is 2.16. The van der Waals surface area contributed by atoms with Gasteiger partial charge in [-0.3, -0.25) is 19.0 Å². The molecule has 21 heavy (non-hydrogen) atoms. The number of nitrogens with two attached hydrogens (primary N) is 1. The summed E-state index contributed by atoms with van der Waals surface area (Å²) < 4.78 is 32.5. The molecule has 108 valence electrons. The van der Waals surface area contributed by atoms with Crippen LogP contribution in [0.15, 0.2) is 23.0 Å². The van der Waals surface area contributed by atoms with Crippen molar-refractivity contribution in [2.75, 3.05) is 5.73 Å². The fourth-order valence-corrected chi connectivity index (χ4v) is 2.37. The largest absolute Gasteiger partial charge is 0.398 e. The number of anilines is 1. The molecule has 0 spiro atoms. The van der Waals surface area contributed by atoms with Crippen LogP contribution in [0.4, 0.5) is 5.69 Å². The number of ketones is 2. The lowest BCUT2D eigenvalue weighted by molar-refractivity contribution is -0.132. The van der Waals surface area contributed by atoms with Crippen LogP contribution in [0.1, 0.15) is 36.6 Å². The molecule has 6 nitrogen and oxygen atoms in total. The number of nitrogen functional groups attached to an aromatic ring is 1. The summed E-state index contributed by atoms with van der Waals surface area (Å²) in [5.41, 5.74) is 5.06. The smallest absolute Gasteiger partial charge is 0.264 e. The number of carbonyl (C=O) groups excluding carboxylic acids is 2. The van der Waals surface area contributed by atoms with Gasteiger partial charge in [0.1, 0.15) is 11.6 Å². The lowest BCUT2D eigenvalue weighted by Crippen LogP contribution is -2.36. The first-order chi connectivity index (χ1) is 11.7. The average Bonchev–Trinajstić information content (AvgIpc) is 2.51. The van der Waals surface area contributed by atoms with E-state index in [0.717, 1.165) is 4.57 Å². The van der Waals surface area contributed by atoms with Crippen LogP contribution < -0.4 is 11.3 Å². The Labute approximate surface area is 126 Å². The van der Waals surface area contributed by atoms with Gasteiger partial charge in [0.25, 0.3) is 5.56 Å². The van der Waals surface area contributed by atoms with E-state index in [1.165, 1.54) is 12.1 Å². The van der Waals surface area contributed by atoms with Crippen LogP contribution in [-0.2, 0) is 9.59 Å². The molecule has 0 bridgehead atoms. The number of carbonyl (C=O) groups is 2. The van der Waals surface area contributed by atoms with E-state index in [1.54, 1.807) is 0 Å². The van der Waals surface area contributed by atoms with Crippen molar-refractivity contribution in [3.05, 3.63) is 34.4 Å². The standard InChI is InChI=1S/C15H15N3O3/c1-8-17-11-4-2-3-10(16)14(11)15(21)18(8)12-6-5-9(19)7-13(12)20/h2-4,12H,5-7,16H2,1H3/i1D,2D,6D,12D. The molecule has 1 aromatic carbocycles. The lowest BCUT2D eigenvalue weighted by atomic mass is 9.92. The van der Waals surface area contributed by atoms with E-state index < -0.39 is 42.9 Å². The number of rotatable bonds is 1. The van der Waals surface area contributed by atoms with Gasteiger partial charge >= 0.3 is 0 Å². The highest BCUT2D eigenvalue weighted by atomic mass is 16.2. The summed E-state index contributed by atoms with van der Waals surface area (Å²) in [6.45, 7) is -0.512. The van der Waals surface area contributed by atoms with E-state index in [9.17, 15) is 14.4 Å². The van der Waals surface area contributed by atoms with E-state index in [-0.39, 0.29) is 34.9 Å². The summed E-state index contributed by atoms with van der Waals surface area (Å²) in [7, 11) is 0. The van der Waals surface area contributed by atoms with Gasteiger partial charge in [-0.2, -0.15) is 0 Å². The maximum absolute atomic E-state index is 13.0. The van der Waals surface area contributed by atoms with Crippen LogP contribution in [-0.4, -0.2) is 21.1 Å². The van der Waals surface area contributed by atoms with E-state index in [2.05, 4.69) is 4.98 Å². The summed E-state index contributed by atoms with van der Waals surface area (Å²) in [6.07, 6.45) is -2.36. The van der Waals surface area contributed by atoms with Gasteiger partial charge in [0, 0.05) is 14.8 Å². The minimum absolute atomic E-state index is 0.0314. The number of benzene rings is 1. The van der Waals surface area contributed by atoms with E-state index >= 15 is 0 Å². The summed E-state index contributed by atoms with van der Waals surface area (Å²) >= 11 is 0. The number of fused-ring (bicyclic) bond motifs is 1. The van der Waals surface area contributed by atoms with Crippen LogP contribution in [0.25, 0.3) is 10.9 Å². The lowest BCUT2D eigenvalue weighted by Gasteiger charge is -2.24. The molecule has 2 unspecified atom stereocenters. The molecule has 0 saturated heterocycles. The molecule has 2 aromatic rings. The van der Waals surface area contributed by atoms with Crippen molar-refractivity contribution in [2.45, 2.75) is 32.2 Å². The van der Waals surface area contributed by atoms with E-state index in [0.29, 0.717) is 0 Å². The minimum atomic E-state index is -2.34. The second-order valence-corrected chi connectivity index (χ2v) is 4.77. The summed E-state index contributed by atoms with van der Waals surface area (Å²) in [5, 5.41) is -0.0725. The number of hydrogen-bond acceptors (Lipinski definition) is 5. The third-order valence-electron chi connectivity index (χ3n) is 3.34. The number of Topliss-reactive ketones (excluding diaryl/α,β-unsaturated/α-hetero) is 2. The molecule has 1 heterocycles. The Morgan fingerprint density at radius 1 is 1.52 bits per heavy atom. The van der Waals surface area contributed by atoms with Crippen molar-refractivity contribution in [1.82, 2.24) is 9.55 Å².